The van der Waals surface area contributed by atoms with E-state index < -0.39 is 33.5 Å². The molecular formula is C22H20F2N2O3S. The number of nitrogens with zero attached hydrogens (tertiary/aromatic N) is 1. The van der Waals surface area contributed by atoms with Crippen LogP contribution >= 0.6 is 0 Å². The van der Waals surface area contributed by atoms with Gasteiger partial charge in [0.15, 0.2) is 0 Å². The molecule has 0 radical (unpaired) electrons. The molecule has 1 atom stereocenters. The predicted octanol–water partition coefficient (Wildman–Crippen LogP) is 4.16. The number of piperidine rings is 1. The average molecular weight is 430 g/mol. The van der Waals surface area contributed by atoms with E-state index in [1.165, 1.54) is 4.31 Å². The molecule has 1 aliphatic rings. The van der Waals surface area contributed by atoms with Crippen molar-refractivity contribution in [3.05, 3.63) is 72.3 Å². The summed E-state index contributed by atoms with van der Waals surface area (Å²) in [6, 6.07) is 15.2. The van der Waals surface area contributed by atoms with Crippen LogP contribution in [0.25, 0.3) is 10.8 Å². The molecule has 8 heteroatoms. The quantitative estimate of drug-likeness (QED) is 0.676. The van der Waals surface area contributed by atoms with E-state index in [0.29, 0.717) is 19.4 Å². The number of amides is 1. The van der Waals surface area contributed by atoms with E-state index in [2.05, 4.69) is 5.32 Å². The topological polar surface area (TPSA) is 66.5 Å². The Morgan fingerprint density at radius 1 is 1.00 bits per heavy atom. The summed E-state index contributed by atoms with van der Waals surface area (Å²) >= 11 is 0. The molecule has 0 aliphatic carbocycles. The van der Waals surface area contributed by atoms with Gasteiger partial charge in [-0.25, -0.2) is 17.2 Å². The van der Waals surface area contributed by atoms with E-state index in [1.54, 1.807) is 18.2 Å². The Morgan fingerprint density at radius 2 is 1.77 bits per heavy atom. The second-order valence-corrected chi connectivity index (χ2v) is 9.26. The van der Waals surface area contributed by atoms with Gasteiger partial charge in [-0.2, -0.15) is 4.31 Å². The summed E-state index contributed by atoms with van der Waals surface area (Å²) in [6.45, 7) is 0.283. The maximum Gasteiger partial charge on any atom is 0.243 e. The Hall–Kier alpha value is -2.84. The zero-order chi connectivity index (χ0) is 21.3. The molecule has 1 N–H and O–H groups in total. The number of carbonyl (C=O) groups excluding carboxylic acids is 1. The largest absolute Gasteiger partial charge is 0.323 e. The van der Waals surface area contributed by atoms with Crippen molar-refractivity contribution >= 4 is 32.4 Å². The highest BCUT2D eigenvalue weighted by Crippen LogP contribution is 2.27. The molecule has 0 spiro atoms. The summed E-state index contributed by atoms with van der Waals surface area (Å²) in [5.41, 5.74) is -0.255. The molecule has 0 aromatic heterocycles. The van der Waals surface area contributed by atoms with Crippen molar-refractivity contribution in [1.29, 1.82) is 0 Å². The standard InChI is InChI=1S/C22H20F2N2O3S/c23-18-8-10-20(24)21(13-18)25-22(27)17-6-3-11-26(14-17)30(28,29)19-9-7-15-4-1-2-5-16(15)12-19/h1-2,4-5,7-10,12-13,17H,3,6,11,14H2,(H,25,27). The summed E-state index contributed by atoms with van der Waals surface area (Å²) in [7, 11) is -3.79. The van der Waals surface area contributed by atoms with Gasteiger partial charge in [0, 0.05) is 19.2 Å². The normalized spacial score (nSPS) is 17.7. The van der Waals surface area contributed by atoms with E-state index >= 15 is 0 Å². The molecule has 156 valence electrons. The Labute approximate surface area is 173 Å². The first kappa shape index (κ1) is 20.4. The number of fused-ring (bicyclic) bond motifs is 1. The number of rotatable bonds is 4. The zero-order valence-corrected chi connectivity index (χ0v) is 16.8. The molecule has 30 heavy (non-hydrogen) atoms. The second-order valence-electron chi connectivity index (χ2n) is 7.32. The lowest BCUT2D eigenvalue weighted by atomic mass is 9.98. The molecule has 1 amide bonds. The fourth-order valence-electron chi connectivity index (χ4n) is 3.68. The third-order valence-electron chi connectivity index (χ3n) is 5.30. The van der Waals surface area contributed by atoms with Crippen LogP contribution < -0.4 is 5.32 Å². The highest BCUT2D eigenvalue weighted by molar-refractivity contribution is 7.89. The van der Waals surface area contributed by atoms with Crippen LogP contribution in [-0.4, -0.2) is 31.7 Å². The van der Waals surface area contributed by atoms with Crippen molar-refractivity contribution in [1.82, 2.24) is 4.31 Å². The number of nitrogens with one attached hydrogen (secondary N) is 1. The van der Waals surface area contributed by atoms with E-state index in [1.807, 2.05) is 24.3 Å². The summed E-state index contributed by atoms with van der Waals surface area (Å²) in [5.74, 6) is -2.60. The van der Waals surface area contributed by atoms with Gasteiger partial charge in [0.25, 0.3) is 0 Å². The first-order valence-electron chi connectivity index (χ1n) is 9.59. The Bertz CT molecular complexity index is 1210. The fourth-order valence-corrected chi connectivity index (χ4v) is 5.24. The third kappa shape index (κ3) is 4.06. The molecule has 3 aromatic carbocycles. The molecule has 1 heterocycles. The minimum atomic E-state index is -3.79. The predicted molar refractivity (Wildman–Crippen MR) is 110 cm³/mol. The minimum Gasteiger partial charge on any atom is -0.323 e. The first-order chi connectivity index (χ1) is 14.3. The van der Waals surface area contributed by atoms with Crippen LogP contribution in [0.4, 0.5) is 14.5 Å². The maximum atomic E-state index is 13.8. The number of hydrogen-bond acceptors (Lipinski definition) is 3. The van der Waals surface area contributed by atoms with E-state index in [9.17, 15) is 22.0 Å². The Kier molecular flexibility index (Phi) is 5.53. The summed E-state index contributed by atoms with van der Waals surface area (Å²) in [5, 5.41) is 4.13. The van der Waals surface area contributed by atoms with Gasteiger partial charge in [0.05, 0.1) is 16.5 Å². The van der Waals surface area contributed by atoms with Gasteiger partial charge in [0.1, 0.15) is 11.6 Å². The van der Waals surface area contributed by atoms with Crippen molar-refractivity contribution in [2.24, 2.45) is 5.92 Å². The van der Waals surface area contributed by atoms with E-state index in [4.69, 9.17) is 0 Å². The third-order valence-corrected chi connectivity index (χ3v) is 7.16. The monoisotopic (exact) mass is 430 g/mol. The van der Waals surface area contributed by atoms with Gasteiger partial charge in [-0.05, 0) is 47.9 Å². The zero-order valence-electron chi connectivity index (χ0n) is 16.0. The highest BCUT2D eigenvalue weighted by Gasteiger charge is 2.33. The second kappa shape index (κ2) is 8.12. The molecule has 0 saturated carbocycles. The van der Waals surface area contributed by atoms with E-state index in [-0.39, 0.29) is 17.1 Å². The van der Waals surface area contributed by atoms with Gasteiger partial charge in [-0.1, -0.05) is 30.3 Å². The van der Waals surface area contributed by atoms with Gasteiger partial charge in [-0.3, -0.25) is 4.79 Å². The molecule has 5 nitrogen and oxygen atoms in total. The lowest BCUT2D eigenvalue weighted by Crippen LogP contribution is -2.43. The smallest absolute Gasteiger partial charge is 0.243 e. The van der Waals surface area contributed by atoms with Crippen LogP contribution in [0.15, 0.2) is 65.6 Å². The molecule has 4 rings (SSSR count). The average Bonchev–Trinajstić information content (AvgIpc) is 2.76. The van der Waals surface area contributed by atoms with Crippen LogP contribution in [0.5, 0.6) is 0 Å². The van der Waals surface area contributed by atoms with Crippen LogP contribution in [0.2, 0.25) is 0 Å². The lowest BCUT2D eigenvalue weighted by molar-refractivity contribution is -0.120. The van der Waals surface area contributed by atoms with E-state index in [0.717, 1.165) is 29.0 Å². The number of hydrogen-bond donors (Lipinski definition) is 1. The van der Waals surface area contributed by atoms with Crippen molar-refractivity contribution in [3.63, 3.8) is 0 Å². The molecular weight excluding hydrogens is 410 g/mol. The van der Waals surface area contributed by atoms with Crippen molar-refractivity contribution in [3.8, 4) is 0 Å². The lowest BCUT2D eigenvalue weighted by Gasteiger charge is -2.31. The molecule has 3 aromatic rings. The molecule has 1 unspecified atom stereocenters. The van der Waals surface area contributed by atoms with Crippen LogP contribution in [-0.2, 0) is 14.8 Å². The van der Waals surface area contributed by atoms with Crippen molar-refractivity contribution in [2.75, 3.05) is 18.4 Å². The fraction of sp³-hybridized carbons (Fsp3) is 0.227. The number of carbonyl (C=O) groups is 1. The molecule has 1 fully saturated rings. The minimum absolute atomic E-state index is 0.0159. The number of anilines is 1. The molecule has 0 bridgehead atoms. The SMILES string of the molecule is O=C(Nc1cc(F)ccc1F)C1CCCN(S(=O)(=O)c2ccc3ccccc3c2)C1. The summed E-state index contributed by atoms with van der Waals surface area (Å²) < 4.78 is 54.7. The van der Waals surface area contributed by atoms with Crippen molar-refractivity contribution < 1.29 is 22.0 Å². The highest BCUT2D eigenvalue weighted by atomic mass is 32.2. The van der Waals surface area contributed by atoms with Gasteiger partial charge >= 0.3 is 0 Å². The van der Waals surface area contributed by atoms with Crippen LogP contribution in [0.1, 0.15) is 12.8 Å². The summed E-state index contributed by atoms with van der Waals surface area (Å²) in [6.07, 6.45) is 0.961. The molecule has 1 saturated heterocycles. The Balaban J connectivity index is 1.53. The maximum absolute atomic E-state index is 13.8. The first-order valence-corrected chi connectivity index (χ1v) is 11.0. The van der Waals surface area contributed by atoms with Crippen molar-refractivity contribution in [2.45, 2.75) is 17.7 Å². The number of halogens is 2. The summed E-state index contributed by atoms with van der Waals surface area (Å²) in [4.78, 5) is 12.8. The number of sulfonamides is 1. The van der Waals surface area contributed by atoms with Gasteiger partial charge < -0.3 is 5.32 Å². The Morgan fingerprint density at radius 3 is 2.57 bits per heavy atom. The number of benzene rings is 3. The molecule has 1 aliphatic heterocycles. The van der Waals surface area contributed by atoms with Gasteiger partial charge in [-0.15, -0.1) is 0 Å². The van der Waals surface area contributed by atoms with Crippen LogP contribution in [0.3, 0.4) is 0 Å². The van der Waals surface area contributed by atoms with Crippen LogP contribution in [0, 0.1) is 17.6 Å². The van der Waals surface area contributed by atoms with Gasteiger partial charge in [0.2, 0.25) is 15.9 Å².